The molecule has 0 radical (unpaired) electrons. The molecule has 4 heterocycles. The number of esters is 2. The molecule has 0 spiro atoms. The summed E-state index contributed by atoms with van der Waals surface area (Å²) in [5, 5.41) is 0.804. The smallest absolute Gasteiger partial charge is 0.311 e. The summed E-state index contributed by atoms with van der Waals surface area (Å²) in [5.41, 5.74) is 4.83. The standard InChI is InChI=1S/C51H66N4O6/c1-32(2)9-6-10-33(3)40-16-17-41-38-15-14-36-29-34(20-22-50(36,4)42(38)21-23-51(40,41)5)31-59-43(56)18-19-44(57)60-37-12-7-11-35(30-37)47-53-45-39-13-8-24-52-49(39)61-46(45)48(54-47)55-25-27-58-28-26-55/h7-8,11-14,24,30,32-34,38,40-42H,6,9-10,15-23,25-29,31H2,1-5H3. The fourth-order valence-electron chi connectivity index (χ4n) is 12.9. The van der Waals surface area contributed by atoms with Gasteiger partial charge in [-0.25, -0.2) is 15.0 Å². The van der Waals surface area contributed by atoms with E-state index in [1.165, 1.54) is 57.8 Å². The number of anilines is 1. The summed E-state index contributed by atoms with van der Waals surface area (Å²) in [5.74, 6) is 5.96. The number of hydrogen-bond donors (Lipinski definition) is 0. The van der Waals surface area contributed by atoms with Crippen LogP contribution in [-0.2, 0) is 19.1 Å². The first-order chi connectivity index (χ1) is 29.5. The van der Waals surface area contributed by atoms with Crippen molar-refractivity contribution in [1.29, 1.82) is 0 Å². The van der Waals surface area contributed by atoms with Gasteiger partial charge in [-0.2, -0.15) is 0 Å². The minimum atomic E-state index is -0.487. The summed E-state index contributed by atoms with van der Waals surface area (Å²) in [6, 6.07) is 11.0. The van der Waals surface area contributed by atoms with Crippen LogP contribution in [0.5, 0.6) is 5.75 Å². The SMILES string of the molecule is CC(C)CCCC(C)C1CCC2C3CC=C4CC(COC(=O)CCC(=O)Oc5cccc(-c6nc(N7CCOCC7)c7oc8ncccc8c7n6)c5)CCC4(C)C3CCC12C. The fraction of sp³-hybridized carbons (Fsp3) is 0.627. The molecule has 0 amide bonds. The third-order valence-electron chi connectivity index (χ3n) is 16.1. The van der Waals surface area contributed by atoms with Crippen molar-refractivity contribution >= 4 is 40.0 Å². The minimum Gasteiger partial charge on any atom is -0.465 e. The molecule has 1 saturated heterocycles. The zero-order chi connectivity index (χ0) is 42.3. The predicted octanol–water partition coefficient (Wildman–Crippen LogP) is 11.2. The van der Waals surface area contributed by atoms with Crippen molar-refractivity contribution in [2.24, 2.45) is 52.3 Å². The lowest BCUT2D eigenvalue weighted by atomic mass is 9.46. The summed E-state index contributed by atoms with van der Waals surface area (Å²) in [7, 11) is 0. The lowest BCUT2D eigenvalue weighted by Gasteiger charge is -2.58. The zero-order valence-corrected chi connectivity index (χ0v) is 37.1. The van der Waals surface area contributed by atoms with Crippen molar-refractivity contribution < 1.29 is 28.2 Å². The number of morpholine rings is 1. The second kappa shape index (κ2) is 17.5. The Morgan fingerprint density at radius 1 is 0.934 bits per heavy atom. The highest BCUT2D eigenvalue weighted by Crippen LogP contribution is 2.67. The summed E-state index contributed by atoms with van der Waals surface area (Å²) in [6.07, 6.45) is 18.4. The van der Waals surface area contributed by atoms with Crippen molar-refractivity contribution in [3.63, 3.8) is 0 Å². The van der Waals surface area contributed by atoms with Crippen LogP contribution in [0.2, 0.25) is 0 Å². The molecular formula is C51H66N4O6. The molecular weight excluding hydrogens is 765 g/mol. The highest BCUT2D eigenvalue weighted by Gasteiger charge is 2.59. The highest BCUT2D eigenvalue weighted by atomic mass is 16.5. The summed E-state index contributed by atoms with van der Waals surface area (Å²) in [6.45, 7) is 15.5. The second-order valence-corrected chi connectivity index (χ2v) is 20.2. The lowest BCUT2D eigenvalue weighted by Crippen LogP contribution is -2.50. The molecule has 5 aliphatic rings. The maximum absolute atomic E-state index is 13.0. The van der Waals surface area contributed by atoms with Gasteiger partial charge in [-0.1, -0.05) is 77.7 Å². The van der Waals surface area contributed by atoms with E-state index in [1.54, 1.807) is 23.9 Å². The molecule has 4 aromatic rings. The van der Waals surface area contributed by atoms with E-state index >= 15 is 0 Å². The van der Waals surface area contributed by atoms with Gasteiger partial charge in [0.15, 0.2) is 17.2 Å². The summed E-state index contributed by atoms with van der Waals surface area (Å²) in [4.78, 5) is 42.4. The van der Waals surface area contributed by atoms with E-state index < -0.39 is 5.97 Å². The molecule has 1 aliphatic heterocycles. The molecule has 0 N–H and O–H groups in total. The van der Waals surface area contributed by atoms with Crippen LogP contribution in [0.1, 0.15) is 118 Å². The number of benzene rings is 1. The van der Waals surface area contributed by atoms with Crippen LogP contribution in [0.25, 0.3) is 33.6 Å². The van der Waals surface area contributed by atoms with E-state index in [0.717, 1.165) is 53.7 Å². The molecule has 10 nitrogen and oxygen atoms in total. The van der Waals surface area contributed by atoms with Gasteiger partial charge >= 0.3 is 11.9 Å². The van der Waals surface area contributed by atoms with Gasteiger partial charge in [-0.3, -0.25) is 9.59 Å². The monoisotopic (exact) mass is 830 g/mol. The van der Waals surface area contributed by atoms with Crippen molar-refractivity contribution in [2.45, 2.75) is 118 Å². The van der Waals surface area contributed by atoms with Gasteiger partial charge in [-0.15, -0.1) is 0 Å². The highest BCUT2D eigenvalue weighted by molar-refractivity contribution is 6.05. The van der Waals surface area contributed by atoms with Gasteiger partial charge in [-0.05, 0) is 128 Å². The van der Waals surface area contributed by atoms with Gasteiger partial charge in [0.2, 0.25) is 5.71 Å². The van der Waals surface area contributed by atoms with Crippen LogP contribution in [-0.4, -0.2) is 59.8 Å². The second-order valence-electron chi connectivity index (χ2n) is 20.2. The first kappa shape index (κ1) is 42.0. The maximum Gasteiger partial charge on any atom is 0.311 e. The van der Waals surface area contributed by atoms with Crippen LogP contribution >= 0.6 is 0 Å². The van der Waals surface area contributed by atoms with E-state index in [0.29, 0.717) is 84.0 Å². The van der Waals surface area contributed by atoms with Crippen molar-refractivity contribution in [3.8, 4) is 17.1 Å². The van der Waals surface area contributed by atoms with E-state index in [-0.39, 0.29) is 24.2 Å². The number of hydrogen-bond acceptors (Lipinski definition) is 10. The van der Waals surface area contributed by atoms with E-state index in [2.05, 4.69) is 50.6 Å². The van der Waals surface area contributed by atoms with E-state index in [9.17, 15) is 9.59 Å². The largest absolute Gasteiger partial charge is 0.465 e. The Labute approximate surface area is 361 Å². The average Bonchev–Trinajstić information content (AvgIpc) is 3.82. The van der Waals surface area contributed by atoms with E-state index in [1.807, 2.05) is 24.3 Å². The zero-order valence-electron chi connectivity index (χ0n) is 37.1. The first-order valence-corrected chi connectivity index (χ1v) is 23.5. The number of fused-ring (bicyclic) bond motifs is 8. The van der Waals surface area contributed by atoms with Crippen LogP contribution in [0.15, 0.2) is 58.7 Å². The summed E-state index contributed by atoms with van der Waals surface area (Å²) >= 11 is 0. The lowest BCUT2D eigenvalue weighted by molar-refractivity contribution is -0.148. The number of furan rings is 1. The minimum absolute atomic E-state index is 0.0167. The van der Waals surface area contributed by atoms with Crippen molar-refractivity contribution in [1.82, 2.24) is 15.0 Å². The van der Waals surface area contributed by atoms with Gasteiger partial charge in [0.25, 0.3) is 0 Å². The Kier molecular flexibility index (Phi) is 12.0. The number of nitrogens with zero attached hydrogens (tertiary/aromatic N) is 4. The number of rotatable bonds is 13. The average molecular weight is 831 g/mol. The molecule has 9 rings (SSSR count). The Morgan fingerprint density at radius 3 is 2.61 bits per heavy atom. The Morgan fingerprint density at radius 2 is 1.77 bits per heavy atom. The molecule has 8 unspecified atom stereocenters. The Bertz CT molecular complexity index is 2260. The molecule has 0 bridgehead atoms. The molecule has 10 heteroatoms. The van der Waals surface area contributed by atoms with Gasteiger partial charge in [0.1, 0.15) is 11.3 Å². The Balaban J connectivity index is 0.775. The molecule has 3 saturated carbocycles. The quantitative estimate of drug-likeness (QED) is 0.0732. The first-order valence-electron chi connectivity index (χ1n) is 23.5. The molecule has 61 heavy (non-hydrogen) atoms. The van der Waals surface area contributed by atoms with Crippen LogP contribution in [0, 0.1) is 52.3 Å². The molecule has 3 aromatic heterocycles. The number of allylic oxidation sites excluding steroid dienone is 2. The molecule has 326 valence electrons. The number of carbonyl (C=O) groups is 2. The van der Waals surface area contributed by atoms with Crippen LogP contribution < -0.4 is 9.64 Å². The topological polar surface area (TPSA) is 117 Å². The number of pyridine rings is 1. The number of aromatic nitrogens is 3. The van der Waals surface area contributed by atoms with Crippen molar-refractivity contribution in [3.05, 3.63) is 54.2 Å². The molecule has 4 aliphatic carbocycles. The van der Waals surface area contributed by atoms with Crippen molar-refractivity contribution in [2.75, 3.05) is 37.8 Å². The van der Waals surface area contributed by atoms with Gasteiger partial charge in [0.05, 0.1) is 38.0 Å². The van der Waals surface area contributed by atoms with Crippen LogP contribution in [0.3, 0.4) is 0 Å². The fourth-order valence-corrected chi connectivity index (χ4v) is 12.9. The third kappa shape index (κ3) is 8.35. The normalized spacial score (nSPS) is 29.2. The van der Waals surface area contributed by atoms with Crippen LogP contribution in [0.4, 0.5) is 5.82 Å². The molecule has 1 aromatic carbocycles. The predicted molar refractivity (Wildman–Crippen MR) is 238 cm³/mol. The van der Waals surface area contributed by atoms with E-state index in [4.69, 9.17) is 28.6 Å². The Hall–Kier alpha value is -4.31. The molecule has 8 atom stereocenters. The number of carbonyl (C=O) groups excluding carboxylic acids is 2. The summed E-state index contributed by atoms with van der Waals surface area (Å²) < 4.78 is 23.3. The molecule has 4 fully saturated rings. The van der Waals surface area contributed by atoms with Gasteiger partial charge in [0, 0.05) is 24.8 Å². The van der Waals surface area contributed by atoms with Gasteiger partial charge < -0.3 is 23.5 Å². The third-order valence-corrected chi connectivity index (χ3v) is 16.1. The number of ether oxygens (including phenoxy) is 3. The maximum atomic E-state index is 13.0.